The summed E-state index contributed by atoms with van der Waals surface area (Å²) in [5.41, 5.74) is 1.74. The number of hydrogen-bond donors (Lipinski definition) is 2. The summed E-state index contributed by atoms with van der Waals surface area (Å²) >= 11 is 1.32. The van der Waals surface area contributed by atoms with Gasteiger partial charge in [0.1, 0.15) is 5.25 Å². The van der Waals surface area contributed by atoms with Crippen LogP contribution in [0.25, 0.3) is 0 Å². The highest BCUT2D eigenvalue weighted by Gasteiger charge is 2.32. The van der Waals surface area contributed by atoms with Gasteiger partial charge in [-0.1, -0.05) is 23.9 Å². The van der Waals surface area contributed by atoms with E-state index < -0.39 is 5.25 Å². The Morgan fingerprint density at radius 2 is 1.80 bits per heavy atom. The zero-order chi connectivity index (χ0) is 25.4. The van der Waals surface area contributed by atoms with Crippen LogP contribution in [0.2, 0.25) is 0 Å². The van der Waals surface area contributed by atoms with Gasteiger partial charge in [0.2, 0.25) is 5.91 Å². The van der Waals surface area contributed by atoms with E-state index in [9.17, 15) is 14.4 Å². The van der Waals surface area contributed by atoms with E-state index in [1.807, 2.05) is 24.8 Å². The predicted octanol–water partition coefficient (Wildman–Crippen LogP) is 3.30. The number of carbonyl (C=O) groups excluding carboxylic acids is 3. The molecule has 3 rings (SSSR count). The quantitative estimate of drug-likeness (QED) is 0.517. The number of carbonyl (C=O) groups is 3. The summed E-state index contributed by atoms with van der Waals surface area (Å²) in [6, 6.07) is 12.1. The molecule has 2 aromatic carbocycles. The molecule has 0 fully saturated rings. The lowest BCUT2D eigenvalue weighted by molar-refractivity contribution is -0.121. The lowest BCUT2D eigenvalue weighted by Crippen LogP contribution is -2.28. The number of nitrogens with one attached hydrogen (secondary N) is 2. The Morgan fingerprint density at radius 3 is 2.49 bits per heavy atom. The molecule has 1 unspecified atom stereocenters. The number of hydrogen-bond acceptors (Lipinski definition) is 7. The standard InChI is InChI=1S/C25H30N4O5S/c1-5-29(6-2)25-28-24(32)21(35-25)14-22(30)27-18-9-7-8-17(13-18)23(31)26-15-16-10-11-19(33-3)20(12-16)34-4/h7-13,21H,5-6,14-15H2,1-4H3,(H,26,31)(H,27,30). The van der Waals surface area contributed by atoms with Crippen molar-refractivity contribution in [2.75, 3.05) is 32.6 Å². The van der Waals surface area contributed by atoms with Gasteiger partial charge in [0, 0.05) is 37.3 Å². The molecule has 1 aliphatic rings. The average molecular weight is 499 g/mol. The fourth-order valence-electron chi connectivity index (χ4n) is 3.53. The lowest BCUT2D eigenvalue weighted by Gasteiger charge is -2.19. The second kappa shape index (κ2) is 12.3. The summed E-state index contributed by atoms with van der Waals surface area (Å²) in [5, 5.41) is 5.75. The minimum absolute atomic E-state index is 0.00744. The number of methoxy groups -OCH3 is 2. The molecule has 1 atom stereocenters. The Bertz CT molecular complexity index is 1120. The first kappa shape index (κ1) is 26.1. The maximum absolute atomic E-state index is 12.7. The van der Waals surface area contributed by atoms with Crippen molar-refractivity contribution in [2.24, 2.45) is 4.99 Å². The van der Waals surface area contributed by atoms with Crippen LogP contribution in [0.15, 0.2) is 47.5 Å². The third-order valence-corrected chi connectivity index (χ3v) is 6.66. The van der Waals surface area contributed by atoms with Crippen molar-refractivity contribution in [3.63, 3.8) is 0 Å². The van der Waals surface area contributed by atoms with E-state index in [4.69, 9.17) is 9.47 Å². The van der Waals surface area contributed by atoms with E-state index in [1.165, 1.54) is 11.8 Å². The lowest BCUT2D eigenvalue weighted by atomic mass is 10.1. The Hall–Kier alpha value is -3.53. The fraction of sp³-hybridized carbons (Fsp3) is 0.360. The molecule has 0 radical (unpaired) electrons. The van der Waals surface area contributed by atoms with Gasteiger partial charge in [-0.05, 0) is 49.7 Å². The van der Waals surface area contributed by atoms with Crippen LogP contribution in [0.5, 0.6) is 11.5 Å². The predicted molar refractivity (Wildman–Crippen MR) is 137 cm³/mol. The van der Waals surface area contributed by atoms with E-state index >= 15 is 0 Å². The van der Waals surface area contributed by atoms with Crippen LogP contribution in [0.3, 0.4) is 0 Å². The average Bonchev–Trinajstić information content (AvgIpc) is 3.22. The number of benzene rings is 2. The van der Waals surface area contributed by atoms with Crippen LogP contribution >= 0.6 is 11.8 Å². The Morgan fingerprint density at radius 1 is 1.06 bits per heavy atom. The van der Waals surface area contributed by atoms with Crippen LogP contribution < -0.4 is 20.1 Å². The molecule has 9 nitrogen and oxygen atoms in total. The number of aliphatic imine (C=N–C) groups is 1. The number of amidine groups is 1. The van der Waals surface area contributed by atoms with Gasteiger partial charge >= 0.3 is 0 Å². The second-order valence-corrected chi connectivity index (χ2v) is 8.89. The molecule has 0 spiro atoms. The van der Waals surface area contributed by atoms with Crippen molar-refractivity contribution in [1.29, 1.82) is 0 Å². The number of nitrogens with zero attached hydrogens (tertiary/aromatic N) is 2. The summed E-state index contributed by atoms with van der Waals surface area (Å²) in [7, 11) is 3.12. The van der Waals surface area contributed by atoms with Crippen LogP contribution in [-0.4, -0.2) is 60.3 Å². The molecule has 2 aromatic rings. The van der Waals surface area contributed by atoms with E-state index in [-0.39, 0.29) is 24.1 Å². The Balaban J connectivity index is 1.55. The highest BCUT2D eigenvalue weighted by molar-refractivity contribution is 8.15. The molecule has 0 aliphatic carbocycles. The van der Waals surface area contributed by atoms with Gasteiger partial charge in [-0.3, -0.25) is 14.4 Å². The van der Waals surface area contributed by atoms with Gasteiger partial charge in [-0.25, -0.2) is 0 Å². The molecule has 1 heterocycles. The van der Waals surface area contributed by atoms with E-state index in [0.29, 0.717) is 34.5 Å². The third-order valence-electron chi connectivity index (χ3n) is 5.44. The first-order valence-corrected chi connectivity index (χ1v) is 12.2. The van der Waals surface area contributed by atoms with Crippen molar-refractivity contribution < 1.29 is 23.9 Å². The molecule has 10 heteroatoms. The zero-order valence-corrected chi connectivity index (χ0v) is 21.1. The highest BCUT2D eigenvalue weighted by atomic mass is 32.2. The minimum Gasteiger partial charge on any atom is -0.493 e. The summed E-state index contributed by atoms with van der Waals surface area (Å²) in [6.45, 7) is 5.78. The molecule has 0 aromatic heterocycles. The van der Waals surface area contributed by atoms with Crippen molar-refractivity contribution in [3.8, 4) is 11.5 Å². The molecule has 0 bridgehead atoms. The van der Waals surface area contributed by atoms with Crippen LogP contribution in [0.1, 0.15) is 36.2 Å². The van der Waals surface area contributed by atoms with Crippen LogP contribution in [-0.2, 0) is 16.1 Å². The SMILES string of the molecule is CCN(CC)C1=NC(=O)C(CC(=O)Nc2cccc(C(=O)NCc3ccc(OC)c(OC)c3)c2)S1. The molecular weight excluding hydrogens is 468 g/mol. The van der Waals surface area contributed by atoms with Gasteiger partial charge in [-0.2, -0.15) is 4.99 Å². The van der Waals surface area contributed by atoms with E-state index in [2.05, 4.69) is 15.6 Å². The van der Waals surface area contributed by atoms with E-state index in [1.54, 1.807) is 50.6 Å². The number of anilines is 1. The van der Waals surface area contributed by atoms with Crippen molar-refractivity contribution in [3.05, 3.63) is 53.6 Å². The maximum atomic E-state index is 12.7. The van der Waals surface area contributed by atoms with Crippen molar-refractivity contribution in [1.82, 2.24) is 10.2 Å². The molecule has 186 valence electrons. The molecule has 2 N–H and O–H groups in total. The second-order valence-electron chi connectivity index (χ2n) is 7.72. The van der Waals surface area contributed by atoms with Gasteiger partial charge in [0.05, 0.1) is 14.2 Å². The minimum atomic E-state index is -0.543. The van der Waals surface area contributed by atoms with Gasteiger partial charge in [0.25, 0.3) is 11.8 Å². The fourth-order valence-corrected chi connectivity index (χ4v) is 4.72. The normalized spacial score (nSPS) is 14.8. The molecule has 35 heavy (non-hydrogen) atoms. The molecule has 0 saturated carbocycles. The summed E-state index contributed by atoms with van der Waals surface area (Å²) in [5.74, 6) is 0.303. The van der Waals surface area contributed by atoms with Crippen molar-refractivity contribution in [2.45, 2.75) is 32.1 Å². The van der Waals surface area contributed by atoms with Crippen LogP contribution in [0, 0.1) is 0 Å². The number of thioether (sulfide) groups is 1. The molecule has 3 amide bonds. The molecule has 0 saturated heterocycles. The largest absolute Gasteiger partial charge is 0.493 e. The summed E-state index contributed by atoms with van der Waals surface area (Å²) in [4.78, 5) is 43.6. The number of rotatable bonds is 10. The van der Waals surface area contributed by atoms with Gasteiger partial charge in [-0.15, -0.1) is 0 Å². The maximum Gasteiger partial charge on any atom is 0.262 e. The third kappa shape index (κ3) is 6.75. The Kier molecular flexibility index (Phi) is 9.13. The highest BCUT2D eigenvalue weighted by Crippen LogP contribution is 2.28. The molecule has 1 aliphatic heterocycles. The van der Waals surface area contributed by atoms with E-state index in [0.717, 1.165) is 18.7 Å². The first-order chi connectivity index (χ1) is 16.9. The number of amides is 3. The summed E-state index contributed by atoms with van der Waals surface area (Å²) < 4.78 is 10.5. The van der Waals surface area contributed by atoms with Gasteiger partial charge < -0.3 is 25.0 Å². The zero-order valence-electron chi connectivity index (χ0n) is 20.3. The van der Waals surface area contributed by atoms with Gasteiger partial charge in [0.15, 0.2) is 16.7 Å². The monoisotopic (exact) mass is 498 g/mol. The Labute approximate surface area is 209 Å². The smallest absolute Gasteiger partial charge is 0.262 e. The first-order valence-electron chi connectivity index (χ1n) is 11.3. The van der Waals surface area contributed by atoms with Crippen LogP contribution in [0.4, 0.5) is 5.69 Å². The van der Waals surface area contributed by atoms with Crippen molar-refractivity contribution >= 4 is 40.3 Å². The summed E-state index contributed by atoms with van der Waals surface area (Å²) in [6.07, 6.45) is 0.00744. The number of ether oxygens (including phenoxy) is 2. The molecular formula is C25H30N4O5S. The topological polar surface area (TPSA) is 109 Å².